The minimum absolute atomic E-state index is 0.210. The molecule has 1 atom stereocenters. The Kier molecular flexibility index (Phi) is 4.38. The molecule has 1 aromatic carbocycles. The molecule has 0 saturated carbocycles. The number of hydrogen-bond acceptors (Lipinski definition) is 2. The summed E-state index contributed by atoms with van der Waals surface area (Å²) < 4.78 is 13.5. The maximum atomic E-state index is 13.5. The third-order valence-electron chi connectivity index (χ3n) is 2.79. The molecule has 4 heteroatoms. The molecule has 1 heterocycles. The average Bonchev–Trinajstić information content (AvgIpc) is 2.77. The van der Waals surface area contributed by atoms with Crippen LogP contribution in [0.1, 0.15) is 28.3 Å². The monoisotopic (exact) mass is 283 g/mol. The lowest BCUT2D eigenvalue weighted by molar-refractivity contribution is 0.549. The number of nitrogens with one attached hydrogen (secondary N) is 1. The largest absolute Gasteiger partial charge is 0.305 e. The molecule has 0 saturated heterocycles. The highest BCUT2D eigenvalue weighted by molar-refractivity contribution is 7.12. The summed E-state index contributed by atoms with van der Waals surface area (Å²) in [6, 6.07) is 9.04. The van der Waals surface area contributed by atoms with Crippen LogP contribution in [0.15, 0.2) is 30.3 Å². The Hall–Kier alpha value is -0.900. The lowest BCUT2D eigenvalue weighted by Gasteiger charge is -2.12. The van der Waals surface area contributed by atoms with E-state index < -0.39 is 0 Å². The van der Waals surface area contributed by atoms with Crippen LogP contribution in [0.4, 0.5) is 4.39 Å². The van der Waals surface area contributed by atoms with E-state index in [4.69, 9.17) is 11.6 Å². The van der Waals surface area contributed by atoms with Crippen LogP contribution in [-0.4, -0.2) is 0 Å². The molecule has 1 aromatic heterocycles. The summed E-state index contributed by atoms with van der Waals surface area (Å²) in [5.41, 5.74) is 0.600. The normalized spacial score (nSPS) is 12.7. The summed E-state index contributed by atoms with van der Waals surface area (Å²) in [4.78, 5) is 2.54. The van der Waals surface area contributed by atoms with Gasteiger partial charge in [0.1, 0.15) is 5.82 Å². The van der Waals surface area contributed by atoms with Gasteiger partial charge in [-0.3, -0.25) is 0 Å². The molecule has 0 aliphatic heterocycles. The molecule has 0 aliphatic rings. The molecule has 0 radical (unpaired) electrons. The molecule has 18 heavy (non-hydrogen) atoms. The van der Waals surface area contributed by atoms with Crippen LogP contribution in [0, 0.1) is 12.7 Å². The highest BCUT2D eigenvalue weighted by Gasteiger charge is 2.09. The van der Waals surface area contributed by atoms with Crippen molar-refractivity contribution in [3.8, 4) is 0 Å². The Morgan fingerprint density at radius 3 is 2.78 bits per heavy atom. The molecule has 2 aromatic rings. The van der Waals surface area contributed by atoms with Crippen LogP contribution in [0.3, 0.4) is 0 Å². The number of rotatable bonds is 4. The topological polar surface area (TPSA) is 12.0 Å². The number of benzene rings is 1. The van der Waals surface area contributed by atoms with Crippen molar-refractivity contribution in [3.63, 3.8) is 0 Å². The first-order chi connectivity index (χ1) is 8.56. The molecule has 96 valence electrons. The predicted octanol–water partition coefficient (Wildman–Crippen LogP) is 4.70. The second-order valence-electron chi connectivity index (χ2n) is 4.29. The Labute approximate surface area is 116 Å². The summed E-state index contributed by atoms with van der Waals surface area (Å²) in [7, 11) is 0. The SMILES string of the molecule is Cc1ccc(C(C)NCc2cc(Cl)ccc2F)s1. The van der Waals surface area contributed by atoms with Gasteiger partial charge in [0, 0.05) is 32.9 Å². The molecule has 0 bridgehead atoms. The Morgan fingerprint density at radius 1 is 1.33 bits per heavy atom. The Morgan fingerprint density at radius 2 is 2.11 bits per heavy atom. The van der Waals surface area contributed by atoms with Crippen molar-refractivity contribution in [3.05, 3.63) is 56.5 Å². The summed E-state index contributed by atoms with van der Waals surface area (Å²) in [5.74, 6) is -0.221. The van der Waals surface area contributed by atoms with Crippen molar-refractivity contribution >= 4 is 22.9 Å². The first-order valence-corrected chi connectivity index (χ1v) is 6.99. The second kappa shape index (κ2) is 5.83. The van der Waals surface area contributed by atoms with Gasteiger partial charge in [-0.05, 0) is 44.2 Å². The van der Waals surface area contributed by atoms with Crippen LogP contribution in [0.2, 0.25) is 5.02 Å². The van der Waals surface area contributed by atoms with E-state index >= 15 is 0 Å². The molecule has 1 unspecified atom stereocenters. The number of halogens is 2. The summed E-state index contributed by atoms with van der Waals surface area (Å²) in [5, 5.41) is 3.87. The zero-order valence-corrected chi connectivity index (χ0v) is 11.9. The zero-order valence-electron chi connectivity index (χ0n) is 10.3. The van der Waals surface area contributed by atoms with E-state index in [0.29, 0.717) is 17.1 Å². The van der Waals surface area contributed by atoms with Crippen molar-refractivity contribution < 1.29 is 4.39 Å². The van der Waals surface area contributed by atoms with Crippen molar-refractivity contribution in [1.82, 2.24) is 5.32 Å². The van der Waals surface area contributed by atoms with Gasteiger partial charge in [-0.1, -0.05) is 11.6 Å². The maximum Gasteiger partial charge on any atom is 0.127 e. The second-order valence-corrected chi connectivity index (χ2v) is 6.04. The van der Waals surface area contributed by atoms with E-state index in [-0.39, 0.29) is 11.9 Å². The Balaban J connectivity index is 2.01. The fraction of sp³-hybridized carbons (Fsp3) is 0.286. The van der Waals surface area contributed by atoms with Crippen LogP contribution in [0.5, 0.6) is 0 Å². The lowest BCUT2D eigenvalue weighted by Crippen LogP contribution is -2.17. The van der Waals surface area contributed by atoms with Crippen LogP contribution in [-0.2, 0) is 6.54 Å². The van der Waals surface area contributed by atoms with Gasteiger partial charge in [0.2, 0.25) is 0 Å². The van der Waals surface area contributed by atoms with Crippen LogP contribution >= 0.6 is 22.9 Å². The predicted molar refractivity (Wildman–Crippen MR) is 75.7 cm³/mol. The van der Waals surface area contributed by atoms with E-state index in [0.717, 1.165) is 0 Å². The fourth-order valence-electron chi connectivity index (χ4n) is 1.73. The highest BCUT2D eigenvalue weighted by Crippen LogP contribution is 2.23. The molecule has 0 amide bonds. The van der Waals surface area contributed by atoms with Gasteiger partial charge in [0.15, 0.2) is 0 Å². The molecular formula is C14H15ClFNS. The van der Waals surface area contributed by atoms with E-state index in [1.165, 1.54) is 15.8 Å². The van der Waals surface area contributed by atoms with Gasteiger partial charge < -0.3 is 5.32 Å². The van der Waals surface area contributed by atoms with Crippen LogP contribution in [0.25, 0.3) is 0 Å². The van der Waals surface area contributed by atoms with E-state index in [1.54, 1.807) is 23.5 Å². The average molecular weight is 284 g/mol. The number of thiophene rings is 1. The molecular weight excluding hydrogens is 269 g/mol. The Bertz CT molecular complexity index is 538. The highest BCUT2D eigenvalue weighted by atomic mass is 35.5. The van der Waals surface area contributed by atoms with Crippen molar-refractivity contribution in [1.29, 1.82) is 0 Å². The third kappa shape index (κ3) is 3.31. The smallest absolute Gasteiger partial charge is 0.127 e. The first kappa shape index (κ1) is 13.5. The van der Waals surface area contributed by atoms with E-state index in [9.17, 15) is 4.39 Å². The van der Waals surface area contributed by atoms with Gasteiger partial charge in [0.25, 0.3) is 0 Å². The maximum absolute atomic E-state index is 13.5. The van der Waals surface area contributed by atoms with E-state index in [2.05, 4.69) is 31.3 Å². The summed E-state index contributed by atoms with van der Waals surface area (Å²) in [6.07, 6.45) is 0. The van der Waals surface area contributed by atoms with Crippen molar-refractivity contribution in [2.75, 3.05) is 0 Å². The lowest BCUT2D eigenvalue weighted by atomic mass is 10.2. The summed E-state index contributed by atoms with van der Waals surface area (Å²) in [6.45, 7) is 4.63. The van der Waals surface area contributed by atoms with Gasteiger partial charge in [-0.25, -0.2) is 4.39 Å². The minimum atomic E-state index is -0.221. The van der Waals surface area contributed by atoms with Gasteiger partial charge >= 0.3 is 0 Å². The molecule has 1 nitrogen and oxygen atoms in total. The quantitative estimate of drug-likeness (QED) is 0.858. The van der Waals surface area contributed by atoms with Crippen molar-refractivity contribution in [2.45, 2.75) is 26.4 Å². The van der Waals surface area contributed by atoms with Crippen LogP contribution < -0.4 is 5.32 Å². The van der Waals surface area contributed by atoms with Crippen molar-refractivity contribution in [2.24, 2.45) is 0 Å². The standard InChI is InChI=1S/C14H15ClFNS/c1-9-3-6-14(18-9)10(2)17-8-11-7-12(15)4-5-13(11)16/h3-7,10,17H,8H2,1-2H3. The third-order valence-corrected chi connectivity index (χ3v) is 4.21. The molecule has 0 aliphatic carbocycles. The first-order valence-electron chi connectivity index (χ1n) is 5.80. The molecule has 0 fully saturated rings. The van der Waals surface area contributed by atoms with Gasteiger partial charge in [0.05, 0.1) is 0 Å². The van der Waals surface area contributed by atoms with Gasteiger partial charge in [-0.15, -0.1) is 11.3 Å². The van der Waals surface area contributed by atoms with E-state index in [1.807, 2.05) is 0 Å². The molecule has 1 N–H and O–H groups in total. The molecule has 0 spiro atoms. The zero-order chi connectivity index (χ0) is 13.1. The number of hydrogen-bond donors (Lipinski definition) is 1. The summed E-state index contributed by atoms with van der Waals surface area (Å²) >= 11 is 7.62. The minimum Gasteiger partial charge on any atom is -0.305 e. The molecule has 2 rings (SSSR count). The fourth-order valence-corrected chi connectivity index (χ4v) is 2.83. The number of aryl methyl sites for hydroxylation is 1. The van der Waals surface area contributed by atoms with Gasteiger partial charge in [-0.2, -0.15) is 0 Å².